The van der Waals surface area contributed by atoms with Gasteiger partial charge in [0.1, 0.15) is 5.69 Å². The van der Waals surface area contributed by atoms with Gasteiger partial charge in [-0.15, -0.1) is 0 Å². The Balaban J connectivity index is 1.85. The highest BCUT2D eigenvalue weighted by Gasteiger charge is 2.22. The van der Waals surface area contributed by atoms with Crippen molar-refractivity contribution in [2.24, 2.45) is 5.92 Å². The van der Waals surface area contributed by atoms with Crippen LogP contribution in [0.2, 0.25) is 0 Å². The van der Waals surface area contributed by atoms with Gasteiger partial charge < -0.3 is 10.4 Å². The van der Waals surface area contributed by atoms with E-state index >= 15 is 0 Å². The number of nitro benzene ring substituents is 1. The van der Waals surface area contributed by atoms with Crippen molar-refractivity contribution in [1.29, 1.82) is 0 Å². The molecule has 1 fully saturated rings. The lowest BCUT2D eigenvalue weighted by atomic mass is 9.83. The second-order valence-electron chi connectivity index (χ2n) is 5.91. The Labute approximate surface area is 125 Å². The highest BCUT2D eigenvalue weighted by atomic mass is 16.6. The summed E-state index contributed by atoms with van der Waals surface area (Å²) in [6.07, 6.45) is 6.10. The first-order valence-corrected chi connectivity index (χ1v) is 7.75. The van der Waals surface area contributed by atoms with E-state index in [1.165, 1.54) is 12.5 Å². The summed E-state index contributed by atoms with van der Waals surface area (Å²) in [6.45, 7) is 2.58. The molecule has 0 radical (unpaired) electrons. The Bertz CT molecular complexity index is 490. The molecule has 0 bridgehead atoms. The molecule has 1 aromatic carbocycles. The fourth-order valence-corrected chi connectivity index (χ4v) is 3.14. The minimum Gasteiger partial charge on any atom is -0.393 e. The largest absolute Gasteiger partial charge is 0.393 e. The molecule has 116 valence electrons. The second kappa shape index (κ2) is 7.41. The van der Waals surface area contributed by atoms with E-state index in [0.29, 0.717) is 18.2 Å². The van der Waals surface area contributed by atoms with Crippen LogP contribution in [0.15, 0.2) is 18.2 Å². The molecule has 5 heteroatoms. The molecule has 1 saturated carbocycles. The normalized spacial score (nSPS) is 22.0. The van der Waals surface area contributed by atoms with Crippen molar-refractivity contribution in [3.05, 3.63) is 33.9 Å². The van der Waals surface area contributed by atoms with Crippen LogP contribution in [0.25, 0.3) is 0 Å². The Morgan fingerprint density at radius 1 is 1.38 bits per heavy atom. The Kier molecular flexibility index (Phi) is 5.56. The SMILES string of the molecule is Cc1cccc([N+](=O)[O-])c1NCCCC1CCCCC1O. The van der Waals surface area contributed by atoms with Crippen LogP contribution in [0.5, 0.6) is 0 Å². The summed E-state index contributed by atoms with van der Waals surface area (Å²) in [5.74, 6) is 0.396. The average Bonchev–Trinajstić information content (AvgIpc) is 2.46. The highest BCUT2D eigenvalue weighted by molar-refractivity contribution is 5.65. The van der Waals surface area contributed by atoms with Crippen molar-refractivity contribution in [3.8, 4) is 0 Å². The Hall–Kier alpha value is -1.62. The van der Waals surface area contributed by atoms with Gasteiger partial charge in [-0.1, -0.05) is 25.0 Å². The van der Waals surface area contributed by atoms with Crippen LogP contribution in [0.4, 0.5) is 11.4 Å². The summed E-state index contributed by atoms with van der Waals surface area (Å²) >= 11 is 0. The predicted molar refractivity (Wildman–Crippen MR) is 83.5 cm³/mol. The van der Waals surface area contributed by atoms with Crippen LogP contribution >= 0.6 is 0 Å². The number of nitrogens with one attached hydrogen (secondary N) is 1. The zero-order valence-corrected chi connectivity index (χ0v) is 12.5. The highest BCUT2D eigenvalue weighted by Crippen LogP contribution is 2.29. The fraction of sp³-hybridized carbons (Fsp3) is 0.625. The molecular weight excluding hydrogens is 268 g/mol. The van der Waals surface area contributed by atoms with Crippen molar-refractivity contribution >= 4 is 11.4 Å². The summed E-state index contributed by atoms with van der Waals surface area (Å²) in [5, 5.41) is 24.2. The van der Waals surface area contributed by atoms with Gasteiger partial charge in [-0.3, -0.25) is 10.1 Å². The number of benzene rings is 1. The molecule has 0 aliphatic heterocycles. The number of hydrogen-bond acceptors (Lipinski definition) is 4. The lowest BCUT2D eigenvalue weighted by Gasteiger charge is -2.27. The van der Waals surface area contributed by atoms with E-state index in [9.17, 15) is 15.2 Å². The maximum absolute atomic E-state index is 11.0. The maximum atomic E-state index is 11.0. The zero-order valence-electron chi connectivity index (χ0n) is 12.5. The Morgan fingerprint density at radius 2 is 2.14 bits per heavy atom. The monoisotopic (exact) mass is 292 g/mol. The molecule has 0 amide bonds. The third-order valence-corrected chi connectivity index (χ3v) is 4.37. The van der Waals surface area contributed by atoms with Gasteiger partial charge in [0.25, 0.3) is 5.69 Å². The zero-order chi connectivity index (χ0) is 15.2. The first-order valence-electron chi connectivity index (χ1n) is 7.75. The van der Waals surface area contributed by atoms with E-state index in [1.807, 2.05) is 13.0 Å². The topological polar surface area (TPSA) is 75.4 Å². The van der Waals surface area contributed by atoms with Crippen LogP contribution in [0.3, 0.4) is 0 Å². The molecule has 2 rings (SSSR count). The van der Waals surface area contributed by atoms with Gasteiger partial charge in [0.05, 0.1) is 11.0 Å². The molecule has 2 unspecified atom stereocenters. The summed E-state index contributed by atoms with van der Waals surface area (Å²) in [7, 11) is 0. The van der Waals surface area contributed by atoms with Gasteiger partial charge in [0, 0.05) is 12.6 Å². The minimum absolute atomic E-state index is 0.132. The number of nitro groups is 1. The lowest BCUT2D eigenvalue weighted by molar-refractivity contribution is -0.384. The van der Waals surface area contributed by atoms with Gasteiger partial charge in [-0.2, -0.15) is 0 Å². The van der Waals surface area contributed by atoms with Crippen molar-refractivity contribution in [2.75, 3.05) is 11.9 Å². The third kappa shape index (κ3) is 4.17. The first-order chi connectivity index (χ1) is 10.1. The van der Waals surface area contributed by atoms with E-state index in [2.05, 4.69) is 5.32 Å². The molecule has 21 heavy (non-hydrogen) atoms. The number of hydrogen-bond donors (Lipinski definition) is 2. The van der Waals surface area contributed by atoms with E-state index in [4.69, 9.17) is 0 Å². The summed E-state index contributed by atoms with van der Waals surface area (Å²) in [6, 6.07) is 5.11. The van der Waals surface area contributed by atoms with Crippen LogP contribution in [-0.4, -0.2) is 22.7 Å². The van der Waals surface area contributed by atoms with E-state index in [0.717, 1.165) is 37.7 Å². The van der Waals surface area contributed by atoms with Crippen LogP contribution in [0.1, 0.15) is 44.1 Å². The number of nitrogens with zero attached hydrogens (tertiary/aromatic N) is 1. The van der Waals surface area contributed by atoms with Crippen LogP contribution in [-0.2, 0) is 0 Å². The molecule has 0 saturated heterocycles. The van der Waals surface area contributed by atoms with Gasteiger partial charge in [-0.25, -0.2) is 0 Å². The maximum Gasteiger partial charge on any atom is 0.292 e. The smallest absolute Gasteiger partial charge is 0.292 e. The van der Waals surface area contributed by atoms with Crippen LogP contribution < -0.4 is 5.32 Å². The number of rotatable bonds is 6. The summed E-state index contributed by atoms with van der Waals surface area (Å²) in [4.78, 5) is 10.7. The van der Waals surface area contributed by atoms with Gasteiger partial charge in [0.2, 0.25) is 0 Å². The number of para-hydroxylation sites is 1. The van der Waals surface area contributed by atoms with Crippen LogP contribution in [0, 0.1) is 23.0 Å². The molecule has 0 heterocycles. The molecule has 0 spiro atoms. The quantitative estimate of drug-likeness (QED) is 0.477. The number of aryl methyl sites for hydroxylation is 1. The molecular formula is C16H24N2O3. The van der Waals surface area contributed by atoms with Gasteiger partial charge in [0.15, 0.2) is 0 Å². The third-order valence-electron chi connectivity index (χ3n) is 4.37. The first kappa shape index (κ1) is 15.8. The van der Waals surface area contributed by atoms with E-state index < -0.39 is 0 Å². The number of aliphatic hydroxyl groups excluding tert-OH is 1. The number of anilines is 1. The number of aliphatic hydroxyl groups is 1. The second-order valence-corrected chi connectivity index (χ2v) is 5.91. The summed E-state index contributed by atoms with van der Waals surface area (Å²) in [5.41, 5.74) is 1.64. The average molecular weight is 292 g/mol. The van der Waals surface area contributed by atoms with E-state index in [-0.39, 0.29) is 16.7 Å². The van der Waals surface area contributed by atoms with Crippen molar-refractivity contribution < 1.29 is 10.0 Å². The summed E-state index contributed by atoms with van der Waals surface area (Å²) < 4.78 is 0. The molecule has 2 N–H and O–H groups in total. The van der Waals surface area contributed by atoms with Crippen molar-refractivity contribution in [1.82, 2.24) is 0 Å². The Morgan fingerprint density at radius 3 is 2.86 bits per heavy atom. The van der Waals surface area contributed by atoms with Crippen molar-refractivity contribution in [3.63, 3.8) is 0 Å². The minimum atomic E-state index is -0.347. The van der Waals surface area contributed by atoms with Gasteiger partial charge in [-0.05, 0) is 44.1 Å². The molecule has 0 aromatic heterocycles. The molecule has 1 aromatic rings. The molecule has 5 nitrogen and oxygen atoms in total. The molecule has 1 aliphatic rings. The van der Waals surface area contributed by atoms with Crippen molar-refractivity contribution in [2.45, 2.75) is 51.6 Å². The standard InChI is InChI=1S/C16H24N2O3/c1-12-6-4-9-14(18(20)21)16(12)17-11-5-8-13-7-2-3-10-15(13)19/h4,6,9,13,15,17,19H,2-3,5,7-8,10-11H2,1H3. The van der Waals surface area contributed by atoms with Gasteiger partial charge >= 0.3 is 0 Å². The molecule has 1 aliphatic carbocycles. The predicted octanol–water partition coefficient (Wildman–Crippen LogP) is 3.65. The lowest BCUT2D eigenvalue weighted by Crippen LogP contribution is -2.24. The molecule has 2 atom stereocenters. The van der Waals surface area contributed by atoms with E-state index in [1.54, 1.807) is 6.07 Å². The fourth-order valence-electron chi connectivity index (χ4n) is 3.14.